The Morgan fingerprint density at radius 2 is 2.31 bits per heavy atom. The van der Waals surface area contributed by atoms with Gasteiger partial charge in [0.1, 0.15) is 12.4 Å². The van der Waals surface area contributed by atoms with Crippen molar-refractivity contribution >= 4 is 0 Å². The monoisotopic (exact) mass is 183 g/mol. The lowest BCUT2D eigenvalue weighted by Gasteiger charge is -1.95. The summed E-state index contributed by atoms with van der Waals surface area (Å²) in [7, 11) is 1.74. The van der Waals surface area contributed by atoms with E-state index in [0.29, 0.717) is 0 Å². The van der Waals surface area contributed by atoms with Crippen molar-refractivity contribution in [2.45, 2.75) is 32.9 Å². The molecule has 1 rings (SSSR count). The first-order valence-corrected chi connectivity index (χ1v) is 4.90. The van der Waals surface area contributed by atoms with E-state index < -0.39 is 0 Å². The Morgan fingerprint density at radius 1 is 1.46 bits per heavy atom. The molecule has 13 heavy (non-hydrogen) atoms. The molecule has 0 aromatic carbocycles. The van der Waals surface area contributed by atoms with Crippen LogP contribution in [-0.4, -0.2) is 18.3 Å². The lowest BCUT2D eigenvalue weighted by molar-refractivity contribution is -0.696. The number of rotatable bonds is 6. The second-order valence-electron chi connectivity index (χ2n) is 3.24. The highest BCUT2D eigenvalue weighted by molar-refractivity contribution is 4.65. The lowest BCUT2D eigenvalue weighted by Crippen LogP contribution is -2.30. The van der Waals surface area contributed by atoms with Crippen molar-refractivity contribution in [3.8, 4) is 0 Å². The van der Waals surface area contributed by atoms with Gasteiger partial charge in [-0.3, -0.25) is 0 Å². The maximum absolute atomic E-state index is 5.00. The molecule has 0 aliphatic rings. The maximum Gasteiger partial charge on any atom is 0.243 e. The highest BCUT2D eigenvalue weighted by Crippen LogP contribution is 1.90. The average molecular weight is 183 g/mol. The van der Waals surface area contributed by atoms with E-state index in [4.69, 9.17) is 4.74 Å². The molecule has 0 atom stereocenters. The molecular formula is C10H19N2O+. The molecule has 0 radical (unpaired) electrons. The number of hydrogen-bond donors (Lipinski definition) is 0. The normalized spacial score (nSPS) is 10.6. The third kappa shape index (κ3) is 3.59. The van der Waals surface area contributed by atoms with Crippen molar-refractivity contribution in [3.05, 3.63) is 18.7 Å². The smallest absolute Gasteiger partial charge is 0.243 e. The van der Waals surface area contributed by atoms with Crippen LogP contribution in [0.3, 0.4) is 0 Å². The molecule has 1 heterocycles. The molecule has 0 spiro atoms. The fourth-order valence-corrected chi connectivity index (χ4v) is 1.35. The fraction of sp³-hybridized carbons (Fsp3) is 0.700. The summed E-state index contributed by atoms with van der Waals surface area (Å²) in [4.78, 5) is 0. The molecule has 0 aliphatic heterocycles. The van der Waals surface area contributed by atoms with Gasteiger partial charge in [-0.1, -0.05) is 6.92 Å². The zero-order valence-corrected chi connectivity index (χ0v) is 8.57. The lowest BCUT2D eigenvalue weighted by atomic mass is 10.4. The number of aromatic nitrogens is 2. The Hall–Kier alpha value is -0.830. The molecule has 3 nitrogen and oxygen atoms in total. The van der Waals surface area contributed by atoms with Crippen molar-refractivity contribution < 1.29 is 9.30 Å². The summed E-state index contributed by atoms with van der Waals surface area (Å²) in [6, 6.07) is 0. The van der Waals surface area contributed by atoms with E-state index in [9.17, 15) is 0 Å². The van der Waals surface area contributed by atoms with Gasteiger partial charge >= 0.3 is 0 Å². The maximum atomic E-state index is 5.00. The van der Waals surface area contributed by atoms with E-state index in [1.807, 2.05) is 0 Å². The number of nitrogens with zero attached hydrogens (tertiary/aromatic N) is 2. The summed E-state index contributed by atoms with van der Waals surface area (Å²) in [5.74, 6) is 0. The first-order chi connectivity index (χ1) is 6.36. The van der Waals surface area contributed by atoms with Gasteiger partial charge in [0, 0.05) is 20.1 Å². The first kappa shape index (κ1) is 10.3. The van der Waals surface area contributed by atoms with Gasteiger partial charge in [-0.25, -0.2) is 9.13 Å². The molecule has 0 aliphatic carbocycles. The minimum Gasteiger partial charge on any atom is -0.385 e. The zero-order chi connectivity index (χ0) is 9.52. The van der Waals surface area contributed by atoms with E-state index in [2.05, 4.69) is 34.8 Å². The van der Waals surface area contributed by atoms with Gasteiger partial charge in [0.25, 0.3) is 0 Å². The molecule has 0 fully saturated rings. The van der Waals surface area contributed by atoms with E-state index in [1.54, 1.807) is 7.11 Å². The third-order valence-electron chi connectivity index (χ3n) is 1.99. The van der Waals surface area contributed by atoms with Crippen LogP contribution in [-0.2, 0) is 17.8 Å². The highest BCUT2D eigenvalue weighted by Gasteiger charge is 2.01. The van der Waals surface area contributed by atoms with Gasteiger partial charge < -0.3 is 4.74 Å². The van der Waals surface area contributed by atoms with Gasteiger partial charge in [-0.05, 0) is 6.42 Å². The van der Waals surface area contributed by atoms with E-state index in [-0.39, 0.29) is 0 Å². The molecule has 0 saturated carbocycles. The topological polar surface area (TPSA) is 18.0 Å². The number of imidazole rings is 1. The fourth-order valence-electron chi connectivity index (χ4n) is 1.35. The number of hydrogen-bond acceptors (Lipinski definition) is 1. The van der Waals surface area contributed by atoms with Crippen LogP contribution in [0, 0.1) is 0 Å². The van der Waals surface area contributed by atoms with Gasteiger partial charge in [-0.2, -0.15) is 0 Å². The van der Waals surface area contributed by atoms with Crippen molar-refractivity contribution in [2.24, 2.45) is 0 Å². The van der Waals surface area contributed by atoms with Crippen molar-refractivity contribution in [2.75, 3.05) is 13.7 Å². The standard InChI is InChI=1S/C10H19N2O/c1-3-5-11-7-8-12(10-11)6-4-9-13-2/h7-8,10H,3-6,9H2,1-2H3/q+1. The molecule has 1 aromatic heterocycles. The Labute approximate surface area is 79.9 Å². The van der Waals surface area contributed by atoms with Crippen LogP contribution in [0.15, 0.2) is 18.7 Å². The van der Waals surface area contributed by atoms with E-state index in [1.165, 1.54) is 6.42 Å². The first-order valence-electron chi connectivity index (χ1n) is 4.90. The van der Waals surface area contributed by atoms with Crippen molar-refractivity contribution in [3.63, 3.8) is 0 Å². The predicted molar refractivity (Wildman–Crippen MR) is 51.4 cm³/mol. The molecule has 0 saturated heterocycles. The molecule has 0 bridgehead atoms. The van der Waals surface area contributed by atoms with Gasteiger partial charge in [0.2, 0.25) is 6.33 Å². The zero-order valence-electron chi connectivity index (χ0n) is 8.57. The molecular weight excluding hydrogens is 164 g/mol. The number of ether oxygens (including phenoxy) is 1. The SMILES string of the molecule is CCC[n+]1ccn(CCCOC)c1. The highest BCUT2D eigenvalue weighted by atomic mass is 16.5. The predicted octanol–water partition coefficient (Wildman–Crippen LogP) is 1.22. The summed E-state index contributed by atoms with van der Waals surface area (Å²) in [6.45, 7) is 5.18. The minimum absolute atomic E-state index is 0.839. The minimum atomic E-state index is 0.839. The van der Waals surface area contributed by atoms with E-state index >= 15 is 0 Å². The molecule has 74 valence electrons. The summed E-state index contributed by atoms with van der Waals surface area (Å²) >= 11 is 0. The van der Waals surface area contributed by atoms with Crippen molar-refractivity contribution in [1.29, 1.82) is 0 Å². The van der Waals surface area contributed by atoms with Crippen LogP contribution < -0.4 is 4.57 Å². The van der Waals surface area contributed by atoms with Crippen LogP contribution >= 0.6 is 0 Å². The second kappa shape index (κ2) is 5.75. The van der Waals surface area contributed by atoms with E-state index in [0.717, 1.165) is 26.1 Å². The summed E-state index contributed by atoms with van der Waals surface area (Å²) in [5.41, 5.74) is 0. The van der Waals surface area contributed by atoms with Crippen LogP contribution in [0.4, 0.5) is 0 Å². The van der Waals surface area contributed by atoms with Crippen LogP contribution in [0.5, 0.6) is 0 Å². The van der Waals surface area contributed by atoms with Gasteiger partial charge in [0.05, 0.1) is 13.1 Å². The van der Waals surface area contributed by atoms with Gasteiger partial charge in [0.15, 0.2) is 0 Å². The molecule has 3 heteroatoms. The second-order valence-corrected chi connectivity index (χ2v) is 3.24. The van der Waals surface area contributed by atoms with Crippen LogP contribution in [0.25, 0.3) is 0 Å². The molecule has 1 aromatic rings. The quantitative estimate of drug-likeness (QED) is 0.479. The van der Waals surface area contributed by atoms with Crippen LogP contribution in [0.1, 0.15) is 19.8 Å². The van der Waals surface area contributed by atoms with Crippen LogP contribution in [0.2, 0.25) is 0 Å². The summed E-state index contributed by atoms with van der Waals surface area (Å²) < 4.78 is 9.42. The Kier molecular flexibility index (Phi) is 4.54. The average Bonchev–Trinajstić information content (AvgIpc) is 2.54. The van der Waals surface area contributed by atoms with Gasteiger partial charge in [-0.15, -0.1) is 0 Å². The Balaban J connectivity index is 2.31. The molecule has 0 amide bonds. The van der Waals surface area contributed by atoms with Crippen molar-refractivity contribution in [1.82, 2.24) is 4.57 Å². The number of aryl methyl sites for hydroxylation is 2. The molecule has 0 unspecified atom stereocenters. The molecule has 0 N–H and O–H groups in total. The number of methoxy groups -OCH3 is 1. The largest absolute Gasteiger partial charge is 0.385 e. The Morgan fingerprint density at radius 3 is 3.00 bits per heavy atom. The third-order valence-corrected chi connectivity index (χ3v) is 1.99. The summed E-state index contributed by atoms with van der Waals surface area (Å²) in [6.07, 6.45) is 8.66. The summed E-state index contributed by atoms with van der Waals surface area (Å²) in [5, 5.41) is 0. The Bertz CT molecular complexity index is 233.